The van der Waals surface area contributed by atoms with Crippen LogP contribution in [0, 0.1) is 0 Å². The van der Waals surface area contributed by atoms with E-state index in [0.717, 1.165) is 18.4 Å². The highest BCUT2D eigenvalue weighted by atomic mass is 32.2. The van der Waals surface area contributed by atoms with E-state index < -0.39 is 21.8 Å². The van der Waals surface area contributed by atoms with Crippen molar-refractivity contribution in [3.63, 3.8) is 0 Å². The summed E-state index contributed by atoms with van der Waals surface area (Å²) in [5.74, 6) is -0.327. The van der Waals surface area contributed by atoms with Gasteiger partial charge in [0.1, 0.15) is 0 Å². The van der Waals surface area contributed by atoms with E-state index in [1.165, 1.54) is 23.5 Å². The lowest BCUT2D eigenvalue weighted by molar-refractivity contribution is -0.137. The first-order chi connectivity index (χ1) is 10.5. The van der Waals surface area contributed by atoms with Gasteiger partial charge in [-0.3, -0.25) is 4.79 Å². The Kier molecular flexibility index (Phi) is 6.57. The molecule has 0 fully saturated rings. The van der Waals surface area contributed by atoms with Crippen LogP contribution < -0.4 is 5.32 Å². The Morgan fingerprint density at radius 1 is 1.22 bits per heavy atom. The number of carbonyl (C=O) groups is 1. The molecule has 9 heteroatoms. The molecule has 1 N–H and O–H groups in total. The van der Waals surface area contributed by atoms with Crippen molar-refractivity contribution in [3.8, 4) is 0 Å². The third-order valence-corrected chi connectivity index (χ3v) is 4.50. The van der Waals surface area contributed by atoms with E-state index in [4.69, 9.17) is 0 Å². The summed E-state index contributed by atoms with van der Waals surface area (Å²) in [6.07, 6.45) is -2.88. The molecule has 0 bridgehead atoms. The van der Waals surface area contributed by atoms with Crippen molar-refractivity contribution in [1.29, 1.82) is 0 Å². The number of amides is 1. The van der Waals surface area contributed by atoms with Gasteiger partial charge < -0.3 is 5.32 Å². The number of carbonyl (C=O) groups excluding carboxylic acids is 1. The third kappa shape index (κ3) is 7.00. The standard InChI is InChI=1S/C14H19F3N2O3S/c1-19(23(2,21)22)9-3-8-18-13(20)10-11-4-6-12(7-5-11)14(15,16)17/h4-7H,3,8-10H2,1-2H3,(H,18,20). The van der Waals surface area contributed by atoms with Gasteiger partial charge in [0, 0.05) is 20.1 Å². The van der Waals surface area contributed by atoms with Crippen LogP contribution in [0.25, 0.3) is 0 Å². The monoisotopic (exact) mass is 352 g/mol. The van der Waals surface area contributed by atoms with E-state index in [-0.39, 0.29) is 18.9 Å². The molecular formula is C14H19F3N2O3S. The molecule has 0 aliphatic rings. The highest BCUT2D eigenvalue weighted by molar-refractivity contribution is 7.88. The Bertz CT molecular complexity index is 628. The zero-order chi connectivity index (χ0) is 17.7. The fraction of sp³-hybridized carbons (Fsp3) is 0.500. The van der Waals surface area contributed by atoms with Gasteiger partial charge in [-0.05, 0) is 24.1 Å². The molecule has 1 aromatic carbocycles. The summed E-state index contributed by atoms with van der Waals surface area (Å²) in [6.45, 7) is 0.568. The molecule has 0 atom stereocenters. The minimum atomic E-state index is -4.40. The van der Waals surface area contributed by atoms with Gasteiger partial charge in [-0.25, -0.2) is 12.7 Å². The molecule has 130 valence electrons. The molecule has 0 radical (unpaired) electrons. The second-order valence-corrected chi connectivity index (χ2v) is 7.25. The number of hydrogen-bond acceptors (Lipinski definition) is 3. The summed E-state index contributed by atoms with van der Waals surface area (Å²) in [7, 11) is -1.80. The average Bonchev–Trinajstić information content (AvgIpc) is 2.42. The summed E-state index contributed by atoms with van der Waals surface area (Å²) < 4.78 is 60.7. The van der Waals surface area contributed by atoms with E-state index >= 15 is 0 Å². The SMILES string of the molecule is CN(CCCNC(=O)Cc1ccc(C(F)(F)F)cc1)S(C)(=O)=O. The van der Waals surface area contributed by atoms with Gasteiger partial charge in [-0.1, -0.05) is 12.1 Å². The lowest BCUT2D eigenvalue weighted by Gasteiger charge is -2.13. The number of alkyl halides is 3. The van der Waals surface area contributed by atoms with Gasteiger partial charge in [0.25, 0.3) is 0 Å². The Morgan fingerprint density at radius 2 is 1.78 bits per heavy atom. The van der Waals surface area contributed by atoms with Crippen LogP contribution in [0.1, 0.15) is 17.5 Å². The molecule has 0 aromatic heterocycles. The maximum absolute atomic E-state index is 12.4. The number of hydrogen-bond donors (Lipinski definition) is 1. The van der Waals surface area contributed by atoms with Crippen LogP contribution in [-0.2, 0) is 27.4 Å². The summed E-state index contributed by atoms with van der Waals surface area (Å²) in [5, 5.41) is 2.60. The molecule has 0 aliphatic carbocycles. The van der Waals surface area contributed by atoms with Gasteiger partial charge >= 0.3 is 6.18 Å². The van der Waals surface area contributed by atoms with Crippen molar-refractivity contribution in [3.05, 3.63) is 35.4 Å². The van der Waals surface area contributed by atoms with Crippen LogP contribution in [0.2, 0.25) is 0 Å². The third-order valence-electron chi connectivity index (χ3n) is 3.18. The fourth-order valence-electron chi connectivity index (χ4n) is 1.75. The largest absolute Gasteiger partial charge is 0.416 e. The molecule has 1 aromatic rings. The number of nitrogens with one attached hydrogen (secondary N) is 1. The van der Waals surface area contributed by atoms with Crippen LogP contribution in [0.3, 0.4) is 0 Å². The Hall–Kier alpha value is -1.61. The fourth-order valence-corrected chi connectivity index (χ4v) is 2.22. The van der Waals surface area contributed by atoms with Crippen LogP contribution in [-0.4, -0.2) is 45.0 Å². The van der Waals surface area contributed by atoms with Gasteiger partial charge in [0.2, 0.25) is 15.9 Å². The minimum absolute atomic E-state index is 0.0277. The molecular weight excluding hydrogens is 333 g/mol. The molecule has 0 unspecified atom stereocenters. The minimum Gasteiger partial charge on any atom is -0.356 e. The molecule has 5 nitrogen and oxygen atoms in total. The number of rotatable bonds is 7. The number of benzene rings is 1. The number of halogens is 3. The first kappa shape index (κ1) is 19.4. The van der Waals surface area contributed by atoms with Crippen LogP contribution in [0.4, 0.5) is 13.2 Å². The second-order valence-electron chi connectivity index (χ2n) is 5.16. The van der Waals surface area contributed by atoms with E-state index in [1.807, 2.05) is 0 Å². The van der Waals surface area contributed by atoms with Gasteiger partial charge in [0.05, 0.1) is 18.2 Å². The summed E-state index contributed by atoms with van der Waals surface area (Å²) in [6, 6.07) is 4.40. The van der Waals surface area contributed by atoms with Crippen LogP contribution in [0.5, 0.6) is 0 Å². The topological polar surface area (TPSA) is 66.5 Å². The average molecular weight is 352 g/mol. The number of nitrogens with zero attached hydrogens (tertiary/aromatic N) is 1. The van der Waals surface area contributed by atoms with Gasteiger partial charge in [-0.15, -0.1) is 0 Å². The molecule has 1 amide bonds. The highest BCUT2D eigenvalue weighted by Gasteiger charge is 2.29. The highest BCUT2D eigenvalue weighted by Crippen LogP contribution is 2.29. The smallest absolute Gasteiger partial charge is 0.356 e. The van der Waals surface area contributed by atoms with Crippen molar-refractivity contribution >= 4 is 15.9 Å². The van der Waals surface area contributed by atoms with Crippen LogP contribution in [0.15, 0.2) is 24.3 Å². The van der Waals surface area contributed by atoms with Crippen molar-refractivity contribution in [1.82, 2.24) is 9.62 Å². The predicted molar refractivity (Wildman–Crippen MR) is 80.2 cm³/mol. The summed E-state index contributed by atoms with van der Waals surface area (Å²) >= 11 is 0. The Balaban J connectivity index is 2.37. The van der Waals surface area contributed by atoms with E-state index in [0.29, 0.717) is 18.5 Å². The molecule has 0 saturated heterocycles. The van der Waals surface area contributed by atoms with E-state index in [2.05, 4.69) is 5.32 Å². The second kappa shape index (κ2) is 7.78. The molecule has 0 spiro atoms. The van der Waals surface area contributed by atoms with Crippen molar-refractivity contribution in [2.24, 2.45) is 0 Å². The molecule has 0 saturated carbocycles. The Labute approximate surface area is 133 Å². The zero-order valence-electron chi connectivity index (χ0n) is 12.9. The normalized spacial score (nSPS) is 12.4. The van der Waals surface area contributed by atoms with Crippen molar-refractivity contribution in [2.45, 2.75) is 19.0 Å². The lowest BCUT2D eigenvalue weighted by Crippen LogP contribution is -2.31. The first-order valence-electron chi connectivity index (χ1n) is 6.84. The maximum Gasteiger partial charge on any atom is 0.416 e. The van der Waals surface area contributed by atoms with Crippen molar-refractivity contribution < 1.29 is 26.4 Å². The predicted octanol–water partition coefficient (Wildman–Crippen LogP) is 1.65. The molecule has 0 aliphatic heterocycles. The van der Waals surface area contributed by atoms with Gasteiger partial charge in [-0.2, -0.15) is 13.2 Å². The quantitative estimate of drug-likeness (QED) is 0.759. The lowest BCUT2D eigenvalue weighted by atomic mass is 10.1. The van der Waals surface area contributed by atoms with Crippen LogP contribution >= 0.6 is 0 Å². The maximum atomic E-state index is 12.4. The number of sulfonamides is 1. The zero-order valence-corrected chi connectivity index (χ0v) is 13.7. The van der Waals surface area contributed by atoms with E-state index in [9.17, 15) is 26.4 Å². The van der Waals surface area contributed by atoms with Crippen molar-refractivity contribution in [2.75, 3.05) is 26.4 Å². The molecule has 0 heterocycles. The Morgan fingerprint density at radius 3 is 2.26 bits per heavy atom. The summed E-state index contributed by atoms with van der Waals surface area (Å²) in [5.41, 5.74) is -0.283. The van der Waals surface area contributed by atoms with E-state index in [1.54, 1.807) is 0 Å². The molecule has 1 rings (SSSR count). The molecule has 23 heavy (non-hydrogen) atoms. The van der Waals surface area contributed by atoms with Gasteiger partial charge in [0.15, 0.2) is 0 Å². The first-order valence-corrected chi connectivity index (χ1v) is 8.69. The summed E-state index contributed by atoms with van der Waals surface area (Å²) in [4.78, 5) is 11.7.